The zero-order valence-corrected chi connectivity index (χ0v) is 11.3. The Bertz CT molecular complexity index is 568. The first-order valence-electron chi connectivity index (χ1n) is 5.66. The molecule has 0 radical (unpaired) electrons. The minimum atomic E-state index is -0.497. The van der Waals surface area contributed by atoms with Gasteiger partial charge in [0.2, 0.25) is 5.95 Å². The molecule has 1 N–H and O–H groups in total. The Balaban J connectivity index is 2.08. The van der Waals surface area contributed by atoms with Crippen molar-refractivity contribution in [1.29, 1.82) is 0 Å². The minimum Gasteiger partial charge on any atom is -0.469 e. The second kappa shape index (κ2) is 5.79. The van der Waals surface area contributed by atoms with E-state index in [2.05, 4.69) is 10.3 Å². The van der Waals surface area contributed by atoms with E-state index in [-0.39, 0.29) is 11.9 Å². The number of carbonyl (C=O) groups excluding carboxylic acids is 1. The maximum Gasteiger partial charge on any atom is 0.312 e. The van der Waals surface area contributed by atoms with Gasteiger partial charge in [-0.2, -0.15) is 9.37 Å². The van der Waals surface area contributed by atoms with Crippen LogP contribution in [0.2, 0.25) is 0 Å². The lowest BCUT2D eigenvalue weighted by molar-refractivity contribution is -0.141. The lowest BCUT2D eigenvalue weighted by Crippen LogP contribution is -2.10. The van der Waals surface area contributed by atoms with E-state index in [1.807, 2.05) is 24.3 Å². The summed E-state index contributed by atoms with van der Waals surface area (Å²) in [7, 11) is 1.37. The van der Waals surface area contributed by atoms with Crippen LogP contribution in [0.25, 0.3) is 0 Å². The van der Waals surface area contributed by atoms with Crippen molar-refractivity contribution in [3.8, 4) is 0 Å². The Morgan fingerprint density at radius 2 is 2.11 bits per heavy atom. The molecule has 4 nitrogen and oxygen atoms in total. The standard InChI is InChI=1S/C13H13FN2O2S/c1-8(12(17)18-2)9-3-5-10(6-4-9)15-13-16-11(14)7-19-13/h3-8H,1-2H3,(H,15,16)/t8-/m0/s1. The fraction of sp³-hybridized carbons (Fsp3) is 0.231. The minimum absolute atomic E-state index is 0.275. The van der Waals surface area contributed by atoms with Crippen molar-refractivity contribution in [2.75, 3.05) is 12.4 Å². The van der Waals surface area contributed by atoms with E-state index < -0.39 is 5.95 Å². The number of ether oxygens (including phenoxy) is 1. The smallest absolute Gasteiger partial charge is 0.312 e. The van der Waals surface area contributed by atoms with Crippen molar-refractivity contribution < 1.29 is 13.9 Å². The molecule has 100 valence electrons. The van der Waals surface area contributed by atoms with Gasteiger partial charge in [-0.3, -0.25) is 4.79 Å². The van der Waals surface area contributed by atoms with Gasteiger partial charge >= 0.3 is 5.97 Å². The number of aromatic nitrogens is 1. The highest BCUT2D eigenvalue weighted by atomic mass is 32.1. The number of methoxy groups -OCH3 is 1. The molecule has 19 heavy (non-hydrogen) atoms. The number of esters is 1. The molecule has 2 rings (SSSR count). The lowest BCUT2D eigenvalue weighted by Gasteiger charge is -2.10. The van der Waals surface area contributed by atoms with Crippen molar-refractivity contribution >= 4 is 28.1 Å². The molecule has 1 heterocycles. The van der Waals surface area contributed by atoms with Gasteiger partial charge in [0.05, 0.1) is 13.0 Å². The first kappa shape index (κ1) is 13.5. The number of rotatable bonds is 4. The van der Waals surface area contributed by atoms with Gasteiger partial charge in [0.1, 0.15) is 0 Å². The molecule has 0 aliphatic carbocycles. The third-order valence-corrected chi connectivity index (χ3v) is 3.42. The Morgan fingerprint density at radius 3 is 2.63 bits per heavy atom. The Labute approximate surface area is 114 Å². The average Bonchev–Trinajstić information content (AvgIpc) is 2.83. The normalized spacial score (nSPS) is 11.9. The summed E-state index contributed by atoms with van der Waals surface area (Å²) in [6, 6.07) is 7.28. The van der Waals surface area contributed by atoms with Crippen molar-refractivity contribution in [3.63, 3.8) is 0 Å². The van der Waals surface area contributed by atoms with Gasteiger partial charge in [0, 0.05) is 11.1 Å². The van der Waals surface area contributed by atoms with Crippen molar-refractivity contribution in [1.82, 2.24) is 4.98 Å². The van der Waals surface area contributed by atoms with E-state index in [4.69, 9.17) is 4.74 Å². The summed E-state index contributed by atoms with van der Waals surface area (Å²) < 4.78 is 17.4. The molecule has 0 amide bonds. The summed E-state index contributed by atoms with van der Waals surface area (Å²) >= 11 is 1.19. The first-order valence-corrected chi connectivity index (χ1v) is 6.54. The fourth-order valence-corrected chi connectivity index (χ4v) is 2.18. The van der Waals surface area contributed by atoms with Crippen LogP contribution in [0.3, 0.4) is 0 Å². The number of hydrogen-bond acceptors (Lipinski definition) is 5. The summed E-state index contributed by atoms with van der Waals surface area (Å²) in [5.41, 5.74) is 1.65. The van der Waals surface area contributed by atoms with Crippen LogP contribution in [0.1, 0.15) is 18.4 Å². The molecule has 0 fully saturated rings. The summed E-state index contributed by atoms with van der Waals surface area (Å²) in [4.78, 5) is 15.1. The molecule has 0 saturated heterocycles. The summed E-state index contributed by atoms with van der Waals surface area (Å²) in [6.45, 7) is 1.78. The first-order chi connectivity index (χ1) is 9.10. The highest BCUT2D eigenvalue weighted by molar-refractivity contribution is 7.13. The molecule has 0 unspecified atom stereocenters. The van der Waals surface area contributed by atoms with Crippen LogP contribution in [0.15, 0.2) is 29.6 Å². The fourth-order valence-electron chi connectivity index (χ4n) is 1.60. The molecule has 1 aromatic heterocycles. The molecule has 0 saturated carbocycles. The molecule has 6 heteroatoms. The third-order valence-electron chi connectivity index (χ3n) is 2.69. The third kappa shape index (κ3) is 3.29. The molecule has 1 atom stereocenters. The van der Waals surface area contributed by atoms with E-state index in [9.17, 15) is 9.18 Å². The molecular formula is C13H13FN2O2S. The number of thiazole rings is 1. The zero-order valence-electron chi connectivity index (χ0n) is 10.5. The van der Waals surface area contributed by atoms with Gasteiger partial charge in [-0.1, -0.05) is 12.1 Å². The number of carbonyl (C=O) groups is 1. The van der Waals surface area contributed by atoms with Crippen molar-refractivity contribution in [2.24, 2.45) is 0 Å². The quantitative estimate of drug-likeness (QED) is 0.873. The number of benzene rings is 1. The number of anilines is 2. The summed E-state index contributed by atoms with van der Waals surface area (Å²) in [6.07, 6.45) is 0. The number of nitrogens with zero attached hydrogens (tertiary/aromatic N) is 1. The number of nitrogens with one attached hydrogen (secondary N) is 1. The molecule has 0 spiro atoms. The molecule has 1 aromatic carbocycles. The number of hydrogen-bond donors (Lipinski definition) is 1. The maximum atomic E-state index is 12.7. The van der Waals surface area contributed by atoms with Gasteiger partial charge in [0.15, 0.2) is 5.13 Å². The zero-order chi connectivity index (χ0) is 13.8. The summed E-state index contributed by atoms with van der Waals surface area (Å²) in [5.74, 6) is -1.08. The van der Waals surface area contributed by atoms with Gasteiger partial charge in [-0.05, 0) is 24.6 Å². The average molecular weight is 280 g/mol. The highest BCUT2D eigenvalue weighted by Gasteiger charge is 2.15. The van der Waals surface area contributed by atoms with Crippen molar-refractivity contribution in [3.05, 3.63) is 41.2 Å². The SMILES string of the molecule is COC(=O)[C@@H](C)c1ccc(Nc2nc(F)cs2)cc1. The Morgan fingerprint density at radius 1 is 1.42 bits per heavy atom. The van der Waals surface area contributed by atoms with Crippen LogP contribution in [0.5, 0.6) is 0 Å². The highest BCUT2D eigenvalue weighted by Crippen LogP contribution is 2.23. The Hall–Kier alpha value is -1.95. The topological polar surface area (TPSA) is 51.2 Å². The molecule has 0 bridgehead atoms. The van der Waals surface area contributed by atoms with Crippen LogP contribution >= 0.6 is 11.3 Å². The van der Waals surface area contributed by atoms with Crippen LogP contribution in [-0.2, 0) is 9.53 Å². The molecular weight excluding hydrogens is 267 g/mol. The van der Waals surface area contributed by atoms with Crippen LogP contribution < -0.4 is 5.32 Å². The van der Waals surface area contributed by atoms with Crippen molar-refractivity contribution in [2.45, 2.75) is 12.8 Å². The van der Waals surface area contributed by atoms with E-state index in [1.165, 1.54) is 23.8 Å². The van der Waals surface area contributed by atoms with E-state index in [0.29, 0.717) is 5.13 Å². The second-order valence-corrected chi connectivity index (χ2v) is 4.83. The monoisotopic (exact) mass is 280 g/mol. The van der Waals surface area contributed by atoms with Gasteiger partial charge in [-0.25, -0.2) is 0 Å². The predicted molar refractivity (Wildman–Crippen MR) is 72.2 cm³/mol. The molecule has 2 aromatic rings. The lowest BCUT2D eigenvalue weighted by atomic mass is 10.0. The Kier molecular flexibility index (Phi) is 4.11. The van der Waals surface area contributed by atoms with Gasteiger partial charge < -0.3 is 10.1 Å². The van der Waals surface area contributed by atoms with E-state index in [0.717, 1.165) is 11.3 Å². The maximum absolute atomic E-state index is 12.7. The van der Waals surface area contributed by atoms with E-state index in [1.54, 1.807) is 6.92 Å². The molecule has 0 aliphatic heterocycles. The summed E-state index contributed by atoms with van der Waals surface area (Å²) in [5, 5.41) is 4.81. The number of halogens is 1. The van der Waals surface area contributed by atoms with Gasteiger partial charge in [-0.15, -0.1) is 11.3 Å². The predicted octanol–water partition coefficient (Wildman–Crippen LogP) is 3.30. The molecule has 0 aliphatic rings. The van der Waals surface area contributed by atoms with Crippen LogP contribution in [0, 0.1) is 5.95 Å². The van der Waals surface area contributed by atoms with Crippen LogP contribution in [-0.4, -0.2) is 18.1 Å². The largest absolute Gasteiger partial charge is 0.469 e. The van der Waals surface area contributed by atoms with Crippen LogP contribution in [0.4, 0.5) is 15.2 Å². The van der Waals surface area contributed by atoms with E-state index >= 15 is 0 Å². The second-order valence-electron chi connectivity index (χ2n) is 3.97. The van der Waals surface area contributed by atoms with Gasteiger partial charge in [0.25, 0.3) is 0 Å².